The molecule has 0 saturated carbocycles. The average molecular weight is 176 g/mol. The molecule has 2 rings (SSSR count). The highest BCUT2D eigenvalue weighted by Gasteiger charge is 2.07. The van der Waals surface area contributed by atoms with E-state index in [4.69, 9.17) is 5.73 Å². The smallest absolute Gasteiger partial charge is 0.106 e. The van der Waals surface area contributed by atoms with E-state index in [0.717, 1.165) is 16.6 Å². The van der Waals surface area contributed by atoms with Crippen molar-refractivity contribution in [2.24, 2.45) is 5.73 Å². The molecule has 0 radical (unpaired) electrons. The second-order valence-corrected chi connectivity index (χ2v) is 3.06. The van der Waals surface area contributed by atoms with Crippen LogP contribution in [0.25, 0.3) is 10.9 Å². The molecule has 13 heavy (non-hydrogen) atoms. The van der Waals surface area contributed by atoms with E-state index < -0.39 is 6.10 Å². The van der Waals surface area contributed by atoms with Crippen LogP contribution in [0.1, 0.15) is 11.8 Å². The van der Waals surface area contributed by atoms with Gasteiger partial charge < -0.3 is 15.8 Å². The van der Waals surface area contributed by atoms with Gasteiger partial charge in [-0.25, -0.2) is 0 Å². The zero-order valence-corrected chi connectivity index (χ0v) is 7.20. The van der Waals surface area contributed by atoms with E-state index >= 15 is 0 Å². The summed E-state index contributed by atoms with van der Waals surface area (Å²) in [5.74, 6) is 0. The van der Waals surface area contributed by atoms with Gasteiger partial charge in [0.05, 0.1) is 0 Å². The Balaban J connectivity index is 2.49. The molecule has 3 heteroatoms. The van der Waals surface area contributed by atoms with Crippen molar-refractivity contribution in [1.82, 2.24) is 4.98 Å². The Morgan fingerprint density at radius 2 is 2.15 bits per heavy atom. The fourth-order valence-corrected chi connectivity index (χ4v) is 1.40. The second kappa shape index (κ2) is 3.20. The van der Waals surface area contributed by atoms with Crippen LogP contribution >= 0.6 is 0 Å². The van der Waals surface area contributed by atoms with Gasteiger partial charge in [0.2, 0.25) is 0 Å². The third-order valence-corrected chi connectivity index (χ3v) is 2.13. The van der Waals surface area contributed by atoms with Gasteiger partial charge in [-0.2, -0.15) is 0 Å². The number of aliphatic hydroxyl groups is 1. The molecule has 4 N–H and O–H groups in total. The number of aliphatic hydroxyl groups excluding tert-OH is 1. The average Bonchev–Trinajstić information content (AvgIpc) is 2.59. The Labute approximate surface area is 76.2 Å². The lowest BCUT2D eigenvalue weighted by Crippen LogP contribution is -2.11. The van der Waals surface area contributed by atoms with Crippen molar-refractivity contribution in [3.05, 3.63) is 36.0 Å². The minimum atomic E-state index is -0.590. The minimum Gasteiger partial charge on any atom is -0.386 e. The number of nitrogens with two attached hydrogens (primary N) is 1. The summed E-state index contributed by atoms with van der Waals surface area (Å²) in [5, 5.41) is 10.6. The van der Waals surface area contributed by atoms with Gasteiger partial charge in [-0.1, -0.05) is 18.2 Å². The molecule has 0 unspecified atom stereocenters. The van der Waals surface area contributed by atoms with Gasteiger partial charge in [-0.3, -0.25) is 0 Å². The van der Waals surface area contributed by atoms with Crippen molar-refractivity contribution in [1.29, 1.82) is 0 Å². The first kappa shape index (κ1) is 8.29. The molecular weight excluding hydrogens is 164 g/mol. The fourth-order valence-electron chi connectivity index (χ4n) is 1.40. The fraction of sp³-hybridized carbons (Fsp3) is 0.200. The van der Waals surface area contributed by atoms with E-state index in [1.807, 2.05) is 30.3 Å². The van der Waals surface area contributed by atoms with Crippen molar-refractivity contribution in [2.45, 2.75) is 6.10 Å². The highest BCUT2D eigenvalue weighted by Crippen LogP contribution is 2.18. The topological polar surface area (TPSA) is 62.0 Å². The van der Waals surface area contributed by atoms with Gasteiger partial charge in [0.15, 0.2) is 0 Å². The molecule has 0 amide bonds. The SMILES string of the molecule is NC[C@@H](O)c1cc2ccccc2[nH]1. The Morgan fingerprint density at radius 1 is 1.38 bits per heavy atom. The van der Waals surface area contributed by atoms with Crippen molar-refractivity contribution < 1.29 is 5.11 Å². The first-order chi connectivity index (χ1) is 6.31. The predicted molar refractivity (Wildman–Crippen MR) is 52.3 cm³/mol. The number of para-hydroxylation sites is 1. The van der Waals surface area contributed by atoms with Crippen LogP contribution < -0.4 is 5.73 Å². The second-order valence-electron chi connectivity index (χ2n) is 3.06. The summed E-state index contributed by atoms with van der Waals surface area (Å²) in [4.78, 5) is 3.12. The number of H-pyrrole nitrogens is 1. The van der Waals surface area contributed by atoms with Crippen LogP contribution in [0.2, 0.25) is 0 Å². The van der Waals surface area contributed by atoms with E-state index in [9.17, 15) is 5.11 Å². The van der Waals surface area contributed by atoms with Crippen LogP contribution in [0.3, 0.4) is 0 Å². The molecule has 0 aliphatic carbocycles. The summed E-state index contributed by atoms with van der Waals surface area (Å²) in [7, 11) is 0. The Bertz CT molecular complexity index is 375. The molecule has 68 valence electrons. The number of nitrogens with one attached hydrogen (secondary N) is 1. The molecule has 2 aromatic rings. The maximum Gasteiger partial charge on any atom is 0.106 e. The van der Waals surface area contributed by atoms with E-state index in [2.05, 4.69) is 4.98 Å². The van der Waals surface area contributed by atoms with Crippen molar-refractivity contribution in [2.75, 3.05) is 6.54 Å². The van der Waals surface area contributed by atoms with Crippen LogP contribution in [0.5, 0.6) is 0 Å². The Kier molecular flexibility index (Phi) is 2.04. The van der Waals surface area contributed by atoms with E-state index in [1.165, 1.54) is 0 Å². The van der Waals surface area contributed by atoms with Crippen LogP contribution in [0.15, 0.2) is 30.3 Å². The van der Waals surface area contributed by atoms with Gasteiger partial charge in [-0.15, -0.1) is 0 Å². The van der Waals surface area contributed by atoms with Gasteiger partial charge >= 0.3 is 0 Å². The standard InChI is InChI=1S/C10H12N2O/c11-6-10(13)9-5-7-3-1-2-4-8(7)12-9/h1-5,10,12-13H,6,11H2/t10-/m1/s1. The summed E-state index contributed by atoms with van der Waals surface area (Å²) >= 11 is 0. The maximum absolute atomic E-state index is 9.47. The first-order valence-electron chi connectivity index (χ1n) is 4.27. The molecule has 0 spiro atoms. The largest absolute Gasteiger partial charge is 0.386 e. The van der Waals surface area contributed by atoms with Gasteiger partial charge in [0.25, 0.3) is 0 Å². The molecule has 1 aromatic heterocycles. The lowest BCUT2D eigenvalue weighted by Gasteiger charge is -2.02. The van der Waals surface area contributed by atoms with Crippen molar-refractivity contribution in [3.63, 3.8) is 0 Å². The number of aromatic nitrogens is 1. The van der Waals surface area contributed by atoms with Crippen molar-refractivity contribution in [3.8, 4) is 0 Å². The minimum absolute atomic E-state index is 0.243. The summed E-state index contributed by atoms with van der Waals surface area (Å²) in [5.41, 5.74) is 7.17. The van der Waals surface area contributed by atoms with Gasteiger partial charge in [-0.05, 0) is 17.5 Å². The highest BCUT2D eigenvalue weighted by molar-refractivity contribution is 5.80. The molecule has 0 aliphatic heterocycles. The Morgan fingerprint density at radius 3 is 2.85 bits per heavy atom. The molecule has 1 atom stereocenters. The lowest BCUT2D eigenvalue weighted by molar-refractivity contribution is 0.183. The molecular formula is C10H12N2O. The normalized spacial score (nSPS) is 13.4. The maximum atomic E-state index is 9.47. The third kappa shape index (κ3) is 1.43. The molecule has 0 aliphatic rings. The van der Waals surface area contributed by atoms with E-state index in [-0.39, 0.29) is 6.54 Å². The Hall–Kier alpha value is -1.32. The zero-order chi connectivity index (χ0) is 9.26. The summed E-state index contributed by atoms with van der Waals surface area (Å²) in [6, 6.07) is 9.82. The van der Waals surface area contributed by atoms with Crippen LogP contribution in [0, 0.1) is 0 Å². The number of hydrogen-bond acceptors (Lipinski definition) is 2. The molecule has 0 bridgehead atoms. The highest BCUT2D eigenvalue weighted by atomic mass is 16.3. The number of fused-ring (bicyclic) bond motifs is 1. The van der Waals surface area contributed by atoms with Crippen molar-refractivity contribution >= 4 is 10.9 Å². The number of benzene rings is 1. The quantitative estimate of drug-likeness (QED) is 0.643. The van der Waals surface area contributed by atoms with Crippen LogP contribution in [0.4, 0.5) is 0 Å². The molecule has 1 aromatic carbocycles. The van der Waals surface area contributed by atoms with Gasteiger partial charge in [0, 0.05) is 17.8 Å². The number of aromatic amines is 1. The molecule has 0 saturated heterocycles. The zero-order valence-electron chi connectivity index (χ0n) is 7.20. The van der Waals surface area contributed by atoms with Gasteiger partial charge in [0.1, 0.15) is 6.10 Å². The molecule has 0 fully saturated rings. The monoisotopic (exact) mass is 176 g/mol. The summed E-state index contributed by atoms with van der Waals surface area (Å²) < 4.78 is 0. The first-order valence-corrected chi connectivity index (χ1v) is 4.27. The number of rotatable bonds is 2. The summed E-state index contributed by atoms with van der Waals surface area (Å²) in [6.45, 7) is 0.243. The van der Waals surface area contributed by atoms with Crippen LogP contribution in [-0.2, 0) is 0 Å². The predicted octanol–water partition coefficient (Wildman–Crippen LogP) is 1.16. The van der Waals surface area contributed by atoms with E-state index in [0.29, 0.717) is 0 Å². The number of hydrogen-bond donors (Lipinski definition) is 3. The lowest BCUT2D eigenvalue weighted by atomic mass is 10.2. The third-order valence-electron chi connectivity index (χ3n) is 2.13. The molecule has 1 heterocycles. The summed E-state index contributed by atoms with van der Waals surface area (Å²) in [6.07, 6.45) is -0.590. The molecule has 3 nitrogen and oxygen atoms in total. The van der Waals surface area contributed by atoms with E-state index in [1.54, 1.807) is 0 Å². The van der Waals surface area contributed by atoms with Crippen LogP contribution in [-0.4, -0.2) is 16.6 Å².